The number of methoxy groups -OCH3 is 1. The number of nitrogens with one attached hydrogen (secondary N) is 1. The molecule has 3 heterocycles. The Kier molecular flexibility index (Phi) is 5.83. The van der Waals surface area contributed by atoms with Crippen molar-refractivity contribution >= 4 is 28.9 Å². The Morgan fingerprint density at radius 3 is 2.49 bits per heavy atom. The zero-order valence-corrected chi connectivity index (χ0v) is 21.5. The van der Waals surface area contributed by atoms with Crippen LogP contribution in [0.5, 0.6) is 0 Å². The van der Waals surface area contributed by atoms with E-state index in [4.69, 9.17) is 15.5 Å². The van der Waals surface area contributed by atoms with Crippen LogP contribution in [0.3, 0.4) is 0 Å². The molecule has 9 nitrogen and oxygen atoms in total. The fourth-order valence-corrected chi connectivity index (χ4v) is 4.95. The minimum absolute atomic E-state index is 0.221. The number of carbonyl (C=O) groups excluding carboxylic acids is 2. The first-order chi connectivity index (χ1) is 18.9. The number of hydrogen-bond acceptors (Lipinski definition) is 7. The van der Waals surface area contributed by atoms with Gasteiger partial charge in [-0.05, 0) is 67.8 Å². The van der Waals surface area contributed by atoms with Gasteiger partial charge in [0, 0.05) is 18.0 Å². The molecule has 2 aromatic carbocycles. The van der Waals surface area contributed by atoms with Crippen molar-refractivity contribution in [2.24, 2.45) is 0 Å². The van der Waals surface area contributed by atoms with Gasteiger partial charge in [-0.2, -0.15) is 0 Å². The van der Waals surface area contributed by atoms with Crippen molar-refractivity contribution in [1.82, 2.24) is 19.4 Å². The first-order valence-corrected chi connectivity index (χ1v) is 12.6. The van der Waals surface area contributed by atoms with Crippen LogP contribution in [-0.2, 0) is 10.2 Å². The van der Waals surface area contributed by atoms with Crippen molar-refractivity contribution in [2.45, 2.75) is 25.2 Å². The van der Waals surface area contributed by atoms with Crippen molar-refractivity contribution in [3.05, 3.63) is 107 Å². The van der Waals surface area contributed by atoms with E-state index >= 15 is 0 Å². The maximum absolute atomic E-state index is 12.8. The third-order valence-corrected chi connectivity index (χ3v) is 7.21. The number of nitrogens with zero attached hydrogens (tertiary/aromatic N) is 4. The Balaban J connectivity index is 1.29. The van der Waals surface area contributed by atoms with Gasteiger partial charge in [0.15, 0.2) is 0 Å². The molecule has 6 rings (SSSR count). The number of carbonyl (C=O) groups is 2. The molecule has 3 aromatic heterocycles. The largest absolute Gasteiger partial charge is 0.465 e. The average Bonchev–Trinajstić information content (AvgIpc) is 3.70. The molecule has 0 aliphatic heterocycles. The van der Waals surface area contributed by atoms with Crippen molar-refractivity contribution in [3.8, 4) is 11.4 Å². The summed E-state index contributed by atoms with van der Waals surface area (Å²) in [5.41, 5.74) is 11.8. The average molecular weight is 519 g/mol. The van der Waals surface area contributed by atoms with Gasteiger partial charge < -0.3 is 15.8 Å². The van der Waals surface area contributed by atoms with Gasteiger partial charge in [0.1, 0.15) is 11.5 Å². The number of aryl methyl sites for hydroxylation is 1. The Hall–Kier alpha value is -5.05. The van der Waals surface area contributed by atoms with Gasteiger partial charge in [0.05, 0.1) is 46.5 Å². The molecule has 5 aromatic rings. The zero-order valence-electron chi connectivity index (χ0n) is 21.5. The van der Waals surface area contributed by atoms with E-state index in [1.54, 1.807) is 36.7 Å². The Morgan fingerprint density at radius 2 is 1.77 bits per heavy atom. The first-order valence-electron chi connectivity index (χ1n) is 12.6. The van der Waals surface area contributed by atoms with E-state index in [2.05, 4.69) is 15.3 Å². The number of nitrogen functional groups attached to an aromatic ring is 1. The molecule has 0 saturated heterocycles. The van der Waals surface area contributed by atoms with E-state index in [0.717, 1.165) is 41.3 Å². The summed E-state index contributed by atoms with van der Waals surface area (Å²) >= 11 is 0. The molecule has 0 unspecified atom stereocenters. The number of pyridine rings is 1. The van der Waals surface area contributed by atoms with Gasteiger partial charge in [-0.3, -0.25) is 9.20 Å². The number of aromatic nitrogens is 4. The smallest absolute Gasteiger partial charge is 0.338 e. The number of esters is 1. The number of hydrogen-bond donors (Lipinski definition) is 2. The molecule has 0 radical (unpaired) electrons. The predicted octanol–water partition coefficient (Wildman–Crippen LogP) is 4.80. The maximum atomic E-state index is 12.8. The number of benzene rings is 2. The molecule has 0 bridgehead atoms. The van der Waals surface area contributed by atoms with Crippen molar-refractivity contribution in [3.63, 3.8) is 0 Å². The number of fused-ring (bicyclic) bond motifs is 1. The number of anilines is 2. The quantitative estimate of drug-likeness (QED) is 0.244. The van der Waals surface area contributed by atoms with Crippen LogP contribution in [0.25, 0.3) is 17.0 Å². The molecule has 1 aliphatic carbocycles. The van der Waals surface area contributed by atoms with Crippen LogP contribution in [0.15, 0.2) is 79.1 Å². The van der Waals surface area contributed by atoms with E-state index in [0.29, 0.717) is 28.1 Å². The van der Waals surface area contributed by atoms with E-state index in [1.165, 1.54) is 7.11 Å². The third-order valence-electron chi connectivity index (χ3n) is 7.21. The first kappa shape index (κ1) is 24.3. The lowest BCUT2D eigenvalue weighted by Gasteiger charge is -2.16. The molecular formula is C30H26N6O3. The second kappa shape index (κ2) is 9.36. The molecule has 194 valence electrons. The SMILES string of the molecule is COC(=O)c1ccn2c(-c3ccnc(C4(c5ccc(C(=O)Nc6ccccc6N)cc5)CC4)n3)c(C)nc2c1. The maximum Gasteiger partial charge on any atom is 0.338 e. The summed E-state index contributed by atoms with van der Waals surface area (Å²) in [4.78, 5) is 39.0. The second-order valence-corrected chi connectivity index (χ2v) is 9.65. The van der Waals surface area contributed by atoms with Gasteiger partial charge >= 0.3 is 5.97 Å². The summed E-state index contributed by atoms with van der Waals surface area (Å²) in [6.07, 6.45) is 5.40. The fourth-order valence-electron chi connectivity index (χ4n) is 4.95. The Labute approximate surface area is 224 Å². The normalized spacial score (nSPS) is 13.7. The van der Waals surface area contributed by atoms with Gasteiger partial charge in [0.2, 0.25) is 0 Å². The van der Waals surface area contributed by atoms with Crippen LogP contribution < -0.4 is 11.1 Å². The summed E-state index contributed by atoms with van der Waals surface area (Å²) in [5, 5.41) is 2.87. The van der Waals surface area contributed by atoms with E-state index in [-0.39, 0.29) is 11.3 Å². The van der Waals surface area contributed by atoms with Crippen molar-refractivity contribution in [2.75, 3.05) is 18.2 Å². The molecule has 1 fully saturated rings. The molecule has 0 atom stereocenters. The molecular weight excluding hydrogens is 492 g/mol. The molecule has 1 aliphatic rings. The number of ether oxygens (including phenoxy) is 1. The standard InChI is InChI=1S/C30H26N6O3/c1-18-26(36-16-12-20(28(38)39-2)17-25(36)33-18)24-11-15-32-29(35-24)30(13-14-30)21-9-7-19(8-10-21)27(37)34-23-6-4-3-5-22(23)31/h3-12,15-17H,13-14,31H2,1-2H3,(H,34,37). The van der Waals surface area contributed by atoms with Gasteiger partial charge in [-0.15, -0.1) is 0 Å². The zero-order chi connectivity index (χ0) is 27.1. The number of nitrogens with two attached hydrogens (primary N) is 1. The van der Waals surface area contributed by atoms with Crippen molar-refractivity contribution < 1.29 is 14.3 Å². The molecule has 9 heteroatoms. The lowest BCUT2D eigenvalue weighted by Crippen LogP contribution is -2.16. The minimum Gasteiger partial charge on any atom is -0.465 e. The van der Waals surface area contributed by atoms with Crippen molar-refractivity contribution in [1.29, 1.82) is 0 Å². The monoisotopic (exact) mass is 518 g/mol. The molecule has 1 amide bonds. The molecule has 0 spiro atoms. The van der Waals surface area contributed by atoms with E-state index in [1.807, 2.05) is 53.8 Å². The summed E-state index contributed by atoms with van der Waals surface area (Å²) in [6, 6.07) is 20.0. The number of rotatable bonds is 6. The number of amides is 1. The van der Waals surface area contributed by atoms with Gasteiger partial charge in [0.25, 0.3) is 5.91 Å². The number of imidazole rings is 1. The van der Waals surface area contributed by atoms with Crippen LogP contribution in [0.1, 0.15) is 50.6 Å². The summed E-state index contributed by atoms with van der Waals surface area (Å²) in [5.74, 6) is 0.100. The lowest BCUT2D eigenvalue weighted by atomic mass is 9.93. The van der Waals surface area contributed by atoms with Gasteiger partial charge in [-0.25, -0.2) is 19.7 Å². The summed E-state index contributed by atoms with van der Waals surface area (Å²) in [6.45, 7) is 1.92. The van der Waals surface area contributed by atoms with Crippen LogP contribution in [0, 0.1) is 6.92 Å². The lowest BCUT2D eigenvalue weighted by molar-refractivity contribution is 0.0600. The fraction of sp³-hybridized carbons (Fsp3) is 0.167. The number of para-hydroxylation sites is 2. The topological polar surface area (TPSA) is 124 Å². The van der Waals surface area contributed by atoms with Crippen LogP contribution in [-0.4, -0.2) is 38.3 Å². The summed E-state index contributed by atoms with van der Waals surface area (Å²) < 4.78 is 6.75. The van der Waals surface area contributed by atoms with Crippen LogP contribution >= 0.6 is 0 Å². The highest BCUT2D eigenvalue weighted by atomic mass is 16.5. The Bertz CT molecular complexity index is 1740. The molecule has 39 heavy (non-hydrogen) atoms. The minimum atomic E-state index is -0.410. The highest BCUT2D eigenvalue weighted by Gasteiger charge is 2.48. The van der Waals surface area contributed by atoms with E-state index < -0.39 is 5.97 Å². The third kappa shape index (κ3) is 4.27. The highest BCUT2D eigenvalue weighted by molar-refractivity contribution is 6.05. The predicted molar refractivity (Wildman–Crippen MR) is 148 cm³/mol. The van der Waals surface area contributed by atoms with Crippen LogP contribution in [0.2, 0.25) is 0 Å². The van der Waals surface area contributed by atoms with E-state index in [9.17, 15) is 9.59 Å². The second-order valence-electron chi connectivity index (χ2n) is 9.65. The molecule has 3 N–H and O–H groups in total. The van der Waals surface area contributed by atoms with Gasteiger partial charge in [-0.1, -0.05) is 24.3 Å². The Morgan fingerprint density at radius 1 is 1.00 bits per heavy atom. The summed E-state index contributed by atoms with van der Waals surface area (Å²) in [7, 11) is 1.36. The van der Waals surface area contributed by atoms with Crippen LogP contribution in [0.4, 0.5) is 11.4 Å². The highest BCUT2D eigenvalue weighted by Crippen LogP contribution is 2.52. The molecule has 1 saturated carbocycles.